The van der Waals surface area contributed by atoms with Crippen LogP contribution in [0.15, 0.2) is 24.3 Å². The number of likely N-dealkylation sites (tertiary alicyclic amines) is 1. The average molecular weight is 290 g/mol. The first-order valence-corrected chi connectivity index (χ1v) is 7.33. The molecular weight excluding hydrogens is 268 g/mol. The lowest BCUT2D eigenvalue weighted by atomic mass is 10.1. The molecule has 1 saturated heterocycles. The van der Waals surface area contributed by atoms with Crippen LogP contribution in [0.3, 0.4) is 0 Å². The fourth-order valence-corrected chi connectivity index (χ4v) is 2.63. The Bertz CT molecular complexity index is 528. The van der Waals surface area contributed by atoms with Gasteiger partial charge < -0.3 is 15.3 Å². The highest BCUT2D eigenvalue weighted by Gasteiger charge is 2.24. The molecule has 1 unspecified atom stereocenters. The second kappa shape index (κ2) is 6.72. The molecule has 1 aromatic rings. The maximum absolute atomic E-state index is 12.1. The Morgan fingerprint density at radius 3 is 2.71 bits per heavy atom. The van der Waals surface area contributed by atoms with Gasteiger partial charge in [0, 0.05) is 24.7 Å². The topological polar surface area (TPSA) is 69.6 Å². The Hall–Kier alpha value is -1.88. The smallest absolute Gasteiger partial charge is 0.335 e. The van der Waals surface area contributed by atoms with Crippen molar-refractivity contribution in [2.45, 2.75) is 26.3 Å². The number of rotatable bonds is 5. The monoisotopic (exact) mass is 290 g/mol. The van der Waals surface area contributed by atoms with Crippen LogP contribution >= 0.6 is 0 Å². The van der Waals surface area contributed by atoms with Crippen molar-refractivity contribution >= 4 is 11.9 Å². The summed E-state index contributed by atoms with van der Waals surface area (Å²) in [5.41, 5.74) is 0.531. The van der Waals surface area contributed by atoms with Crippen LogP contribution in [-0.4, -0.2) is 47.6 Å². The van der Waals surface area contributed by atoms with E-state index in [0.29, 0.717) is 24.1 Å². The van der Waals surface area contributed by atoms with E-state index in [4.69, 9.17) is 5.11 Å². The molecule has 1 atom stereocenters. The Kier molecular flexibility index (Phi) is 4.96. The van der Waals surface area contributed by atoms with E-state index < -0.39 is 5.97 Å². The van der Waals surface area contributed by atoms with E-state index >= 15 is 0 Å². The summed E-state index contributed by atoms with van der Waals surface area (Å²) in [6.07, 6.45) is 1.09. The molecular formula is C16H22N2O3. The van der Waals surface area contributed by atoms with E-state index in [2.05, 4.69) is 24.1 Å². The summed E-state index contributed by atoms with van der Waals surface area (Å²) in [6.45, 7) is 7.08. The number of nitrogens with one attached hydrogen (secondary N) is 1. The summed E-state index contributed by atoms with van der Waals surface area (Å²) in [6, 6.07) is 6.66. The van der Waals surface area contributed by atoms with E-state index in [1.54, 1.807) is 12.1 Å². The fourth-order valence-electron chi connectivity index (χ4n) is 2.63. The zero-order chi connectivity index (χ0) is 15.4. The van der Waals surface area contributed by atoms with Gasteiger partial charge in [-0.15, -0.1) is 0 Å². The van der Waals surface area contributed by atoms with E-state index in [1.807, 2.05) is 0 Å². The largest absolute Gasteiger partial charge is 0.478 e. The molecule has 5 heteroatoms. The predicted molar refractivity (Wildman–Crippen MR) is 80.6 cm³/mol. The highest BCUT2D eigenvalue weighted by molar-refractivity contribution is 5.97. The Labute approximate surface area is 125 Å². The molecule has 1 aliphatic rings. The molecule has 1 aliphatic heterocycles. The van der Waals surface area contributed by atoms with Crippen molar-refractivity contribution in [3.05, 3.63) is 35.4 Å². The van der Waals surface area contributed by atoms with Gasteiger partial charge in [0.1, 0.15) is 0 Å². The first-order valence-electron chi connectivity index (χ1n) is 7.33. The van der Waals surface area contributed by atoms with Gasteiger partial charge in [0.15, 0.2) is 0 Å². The molecule has 1 heterocycles. The normalized spacial score (nSPS) is 18.9. The number of amides is 1. The minimum atomic E-state index is -1.02. The van der Waals surface area contributed by atoms with Crippen LogP contribution in [0, 0.1) is 5.92 Å². The van der Waals surface area contributed by atoms with Gasteiger partial charge in [-0.1, -0.05) is 6.07 Å². The summed E-state index contributed by atoms with van der Waals surface area (Å²) < 4.78 is 0. The molecule has 0 saturated carbocycles. The third-order valence-electron chi connectivity index (χ3n) is 3.97. The summed E-state index contributed by atoms with van der Waals surface area (Å²) in [7, 11) is 0. The van der Waals surface area contributed by atoms with Crippen LogP contribution < -0.4 is 5.32 Å². The minimum Gasteiger partial charge on any atom is -0.478 e. The number of nitrogens with zero attached hydrogens (tertiary/aromatic N) is 1. The van der Waals surface area contributed by atoms with Crippen LogP contribution in [-0.2, 0) is 0 Å². The van der Waals surface area contributed by atoms with E-state index in [-0.39, 0.29) is 11.5 Å². The molecule has 0 bridgehead atoms. The van der Waals surface area contributed by atoms with Crippen molar-refractivity contribution < 1.29 is 14.7 Å². The van der Waals surface area contributed by atoms with Crippen molar-refractivity contribution in [2.75, 3.05) is 19.6 Å². The van der Waals surface area contributed by atoms with Gasteiger partial charge in [0.25, 0.3) is 5.91 Å². The molecule has 5 nitrogen and oxygen atoms in total. The zero-order valence-corrected chi connectivity index (χ0v) is 12.5. The molecule has 1 aromatic carbocycles. The summed E-state index contributed by atoms with van der Waals surface area (Å²) in [5.74, 6) is -0.756. The molecule has 1 amide bonds. The van der Waals surface area contributed by atoms with Crippen molar-refractivity contribution in [3.63, 3.8) is 0 Å². The summed E-state index contributed by atoms with van der Waals surface area (Å²) >= 11 is 0. The maximum atomic E-state index is 12.1. The number of carbonyl (C=O) groups is 2. The van der Waals surface area contributed by atoms with Crippen LogP contribution in [0.2, 0.25) is 0 Å². The fraction of sp³-hybridized carbons (Fsp3) is 0.500. The van der Waals surface area contributed by atoms with Gasteiger partial charge in [-0.25, -0.2) is 4.79 Å². The van der Waals surface area contributed by atoms with Crippen molar-refractivity contribution in [1.82, 2.24) is 10.2 Å². The highest BCUT2D eigenvalue weighted by atomic mass is 16.4. The number of hydrogen-bond acceptors (Lipinski definition) is 3. The van der Waals surface area contributed by atoms with Gasteiger partial charge >= 0.3 is 5.97 Å². The van der Waals surface area contributed by atoms with Gasteiger partial charge in [-0.2, -0.15) is 0 Å². The zero-order valence-electron chi connectivity index (χ0n) is 12.5. The van der Waals surface area contributed by atoms with E-state index in [9.17, 15) is 9.59 Å². The van der Waals surface area contributed by atoms with E-state index in [1.165, 1.54) is 12.1 Å². The predicted octanol–water partition coefficient (Wildman–Crippen LogP) is 1.84. The lowest BCUT2D eigenvalue weighted by Crippen LogP contribution is -2.33. The van der Waals surface area contributed by atoms with Crippen LogP contribution in [0.25, 0.3) is 0 Å². The third kappa shape index (κ3) is 4.04. The van der Waals surface area contributed by atoms with Crippen LogP contribution in [0.4, 0.5) is 0 Å². The van der Waals surface area contributed by atoms with Gasteiger partial charge in [-0.05, 0) is 50.9 Å². The average Bonchev–Trinajstić information content (AvgIpc) is 2.94. The molecule has 1 fully saturated rings. The summed E-state index contributed by atoms with van der Waals surface area (Å²) in [5, 5.41) is 11.8. The highest BCUT2D eigenvalue weighted by Crippen LogP contribution is 2.17. The van der Waals surface area contributed by atoms with Gasteiger partial charge in [-0.3, -0.25) is 4.79 Å². The Balaban J connectivity index is 1.88. The number of hydrogen-bond donors (Lipinski definition) is 2. The first-order chi connectivity index (χ1) is 9.97. The number of carboxylic acid groups (broad SMARTS) is 1. The molecule has 0 aliphatic carbocycles. The SMILES string of the molecule is CC(C)N1CCC(CNC(=O)c2cccc(C(=O)O)c2)C1. The van der Waals surface area contributed by atoms with Gasteiger partial charge in [0.05, 0.1) is 5.56 Å². The second-order valence-electron chi connectivity index (χ2n) is 5.84. The Morgan fingerprint density at radius 1 is 1.38 bits per heavy atom. The first kappa shape index (κ1) is 15.5. The van der Waals surface area contributed by atoms with Crippen molar-refractivity contribution in [1.29, 1.82) is 0 Å². The quantitative estimate of drug-likeness (QED) is 0.868. The lowest BCUT2D eigenvalue weighted by Gasteiger charge is -2.20. The molecule has 0 spiro atoms. The number of aromatic carboxylic acids is 1. The second-order valence-corrected chi connectivity index (χ2v) is 5.84. The minimum absolute atomic E-state index is 0.134. The number of carbonyl (C=O) groups excluding carboxylic acids is 1. The third-order valence-corrected chi connectivity index (χ3v) is 3.97. The standard InChI is InChI=1S/C16H22N2O3/c1-11(2)18-7-6-12(10-18)9-17-15(19)13-4-3-5-14(8-13)16(20)21/h3-5,8,11-12H,6-7,9-10H2,1-2H3,(H,17,19)(H,20,21). The van der Waals surface area contributed by atoms with Gasteiger partial charge in [0.2, 0.25) is 0 Å². The molecule has 21 heavy (non-hydrogen) atoms. The van der Waals surface area contributed by atoms with Crippen LogP contribution in [0.1, 0.15) is 41.0 Å². The van der Waals surface area contributed by atoms with E-state index in [0.717, 1.165) is 19.5 Å². The molecule has 2 N–H and O–H groups in total. The molecule has 0 radical (unpaired) electrons. The lowest BCUT2D eigenvalue weighted by molar-refractivity contribution is 0.0697. The number of carboxylic acids is 1. The van der Waals surface area contributed by atoms with Crippen LogP contribution in [0.5, 0.6) is 0 Å². The van der Waals surface area contributed by atoms with Crippen molar-refractivity contribution in [2.24, 2.45) is 5.92 Å². The maximum Gasteiger partial charge on any atom is 0.335 e. The summed E-state index contributed by atoms with van der Waals surface area (Å²) in [4.78, 5) is 25.4. The number of benzene rings is 1. The molecule has 2 rings (SSSR count). The Morgan fingerprint density at radius 2 is 2.10 bits per heavy atom. The molecule has 114 valence electrons. The van der Waals surface area contributed by atoms with Crippen molar-refractivity contribution in [3.8, 4) is 0 Å². The molecule has 0 aromatic heterocycles.